The van der Waals surface area contributed by atoms with Crippen molar-refractivity contribution in [2.45, 2.75) is 51.2 Å². The summed E-state index contributed by atoms with van der Waals surface area (Å²) in [6.07, 6.45) is 6.20. The van der Waals surface area contributed by atoms with Crippen LogP contribution in [0.1, 0.15) is 50.1 Å². The first-order chi connectivity index (χ1) is 9.69. The van der Waals surface area contributed by atoms with Gasteiger partial charge in [-0.25, -0.2) is 9.78 Å². The summed E-state index contributed by atoms with van der Waals surface area (Å²) in [6.45, 7) is 2.67. The smallest absolute Gasteiger partial charge is 0.315 e. The van der Waals surface area contributed by atoms with E-state index >= 15 is 0 Å². The number of carbonyl (C=O) groups is 1. The van der Waals surface area contributed by atoms with Crippen LogP contribution in [0.15, 0.2) is 11.6 Å². The molecular formula is C14H23N3O2S. The molecule has 5 nitrogen and oxygen atoms in total. The van der Waals surface area contributed by atoms with Gasteiger partial charge < -0.3 is 15.7 Å². The number of thiazole rings is 1. The highest BCUT2D eigenvalue weighted by Gasteiger charge is 2.21. The molecule has 112 valence electrons. The Morgan fingerprint density at radius 3 is 3.10 bits per heavy atom. The number of aliphatic hydroxyl groups excluding tert-OH is 1. The lowest BCUT2D eigenvalue weighted by Crippen LogP contribution is -2.41. The van der Waals surface area contributed by atoms with E-state index < -0.39 is 0 Å². The fourth-order valence-corrected chi connectivity index (χ4v) is 3.41. The van der Waals surface area contributed by atoms with Gasteiger partial charge >= 0.3 is 6.03 Å². The first-order valence-corrected chi connectivity index (χ1v) is 8.18. The van der Waals surface area contributed by atoms with Gasteiger partial charge in [0.2, 0.25) is 0 Å². The van der Waals surface area contributed by atoms with E-state index in [1.54, 1.807) is 17.5 Å². The third-order valence-corrected chi connectivity index (χ3v) is 4.66. The summed E-state index contributed by atoms with van der Waals surface area (Å²) in [7, 11) is 0. The molecule has 0 saturated heterocycles. The Hall–Kier alpha value is -1.14. The summed E-state index contributed by atoms with van der Waals surface area (Å²) in [6, 6.07) is -0.168. The van der Waals surface area contributed by atoms with Gasteiger partial charge in [0.15, 0.2) is 0 Å². The fourth-order valence-electron chi connectivity index (χ4n) is 2.64. The van der Waals surface area contributed by atoms with Crippen LogP contribution in [-0.4, -0.2) is 28.8 Å². The van der Waals surface area contributed by atoms with Crippen LogP contribution in [-0.2, 0) is 0 Å². The van der Waals surface area contributed by atoms with Gasteiger partial charge in [-0.3, -0.25) is 0 Å². The fraction of sp³-hybridized carbons (Fsp3) is 0.714. The number of nitrogens with zero attached hydrogens (tertiary/aromatic N) is 1. The first-order valence-electron chi connectivity index (χ1n) is 7.30. The Kier molecular flexibility index (Phi) is 5.79. The number of amides is 2. The molecule has 1 aromatic rings. The van der Waals surface area contributed by atoms with Crippen molar-refractivity contribution in [2.24, 2.45) is 5.92 Å². The second-order valence-corrected chi connectivity index (χ2v) is 6.30. The lowest BCUT2D eigenvalue weighted by Gasteiger charge is -2.26. The highest BCUT2D eigenvalue weighted by molar-refractivity contribution is 7.09. The topological polar surface area (TPSA) is 74.2 Å². The van der Waals surface area contributed by atoms with Gasteiger partial charge in [0.25, 0.3) is 0 Å². The lowest BCUT2D eigenvalue weighted by atomic mass is 9.87. The maximum Gasteiger partial charge on any atom is 0.315 e. The molecule has 20 heavy (non-hydrogen) atoms. The summed E-state index contributed by atoms with van der Waals surface area (Å²) >= 11 is 1.56. The van der Waals surface area contributed by atoms with Crippen molar-refractivity contribution < 1.29 is 9.90 Å². The maximum atomic E-state index is 11.9. The Bertz CT molecular complexity index is 411. The molecule has 3 atom stereocenters. The molecule has 2 amide bonds. The number of rotatable bonds is 5. The number of aromatic nitrogens is 1. The predicted octanol–water partition coefficient (Wildman–Crippen LogP) is 2.44. The highest BCUT2D eigenvalue weighted by atomic mass is 32.1. The van der Waals surface area contributed by atoms with E-state index in [4.69, 9.17) is 0 Å². The second-order valence-electron chi connectivity index (χ2n) is 5.37. The Morgan fingerprint density at radius 1 is 1.60 bits per heavy atom. The molecule has 1 aliphatic rings. The number of carbonyl (C=O) groups excluding carboxylic acids is 1. The minimum absolute atomic E-state index is 0.0213. The Labute approximate surface area is 123 Å². The largest absolute Gasteiger partial charge is 0.393 e. The molecule has 1 heterocycles. The maximum absolute atomic E-state index is 11.9. The van der Waals surface area contributed by atoms with E-state index in [2.05, 4.69) is 15.6 Å². The highest BCUT2D eigenvalue weighted by Crippen LogP contribution is 2.23. The van der Waals surface area contributed by atoms with Crippen molar-refractivity contribution in [3.05, 3.63) is 16.6 Å². The van der Waals surface area contributed by atoms with Crippen molar-refractivity contribution in [1.29, 1.82) is 0 Å². The van der Waals surface area contributed by atoms with Crippen LogP contribution >= 0.6 is 11.3 Å². The summed E-state index contributed by atoms with van der Waals surface area (Å²) in [4.78, 5) is 16.2. The van der Waals surface area contributed by atoms with Crippen molar-refractivity contribution in [3.8, 4) is 0 Å². The molecule has 0 bridgehead atoms. The number of hydrogen-bond donors (Lipinski definition) is 3. The molecule has 0 aliphatic heterocycles. The van der Waals surface area contributed by atoms with Gasteiger partial charge in [-0.15, -0.1) is 11.3 Å². The zero-order chi connectivity index (χ0) is 14.4. The van der Waals surface area contributed by atoms with Crippen LogP contribution in [0.3, 0.4) is 0 Å². The van der Waals surface area contributed by atoms with Gasteiger partial charge in [-0.1, -0.05) is 13.3 Å². The van der Waals surface area contributed by atoms with Crippen LogP contribution in [0.25, 0.3) is 0 Å². The summed E-state index contributed by atoms with van der Waals surface area (Å²) in [5, 5.41) is 18.3. The minimum atomic E-state index is -0.197. The third-order valence-electron chi connectivity index (χ3n) is 3.77. The molecule has 2 rings (SSSR count). The normalized spacial score (nSPS) is 24.1. The summed E-state index contributed by atoms with van der Waals surface area (Å²) in [5.41, 5.74) is 0. The van der Waals surface area contributed by atoms with Gasteiger partial charge in [0.1, 0.15) is 5.01 Å². The number of aliphatic hydroxyl groups is 1. The molecule has 1 saturated carbocycles. The Balaban J connectivity index is 1.74. The van der Waals surface area contributed by atoms with Gasteiger partial charge in [-0.05, 0) is 31.6 Å². The summed E-state index contributed by atoms with van der Waals surface area (Å²) < 4.78 is 0. The van der Waals surface area contributed by atoms with Crippen molar-refractivity contribution >= 4 is 17.4 Å². The average molecular weight is 297 g/mol. The standard InChI is InChI=1S/C14H23N3O2S/c1-2-12(13-15-6-7-20-13)17-14(19)16-9-10-4-3-5-11(18)8-10/h6-7,10-12,18H,2-5,8-9H2,1H3,(H2,16,17,19). The first kappa shape index (κ1) is 15.3. The molecule has 1 fully saturated rings. The molecule has 0 spiro atoms. The monoisotopic (exact) mass is 297 g/mol. The number of hydrogen-bond acceptors (Lipinski definition) is 4. The van der Waals surface area contributed by atoms with E-state index in [9.17, 15) is 9.90 Å². The molecule has 6 heteroatoms. The quantitative estimate of drug-likeness (QED) is 0.781. The molecule has 1 aromatic heterocycles. The molecule has 1 aliphatic carbocycles. The zero-order valence-corrected chi connectivity index (χ0v) is 12.7. The van der Waals surface area contributed by atoms with E-state index in [0.717, 1.165) is 37.1 Å². The third kappa shape index (κ3) is 4.45. The molecular weight excluding hydrogens is 274 g/mol. The van der Waals surface area contributed by atoms with E-state index in [1.807, 2.05) is 12.3 Å². The molecule has 0 aromatic carbocycles. The van der Waals surface area contributed by atoms with Crippen LogP contribution in [0.5, 0.6) is 0 Å². The van der Waals surface area contributed by atoms with Crippen molar-refractivity contribution in [2.75, 3.05) is 6.54 Å². The van der Waals surface area contributed by atoms with Gasteiger partial charge in [0, 0.05) is 18.1 Å². The second kappa shape index (κ2) is 7.59. The van der Waals surface area contributed by atoms with Crippen molar-refractivity contribution in [3.63, 3.8) is 0 Å². The number of nitrogens with one attached hydrogen (secondary N) is 2. The van der Waals surface area contributed by atoms with Crippen LogP contribution in [0.4, 0.5) is 4.79 Å². The average Bonchev–Trinajstić information content (AvgIpc) is 2.96. The number of urea groups is 1. The zero-order valence-electron chi connectivity index (χ0n) is 11.8. The predicted molar refractivity (Wildman–Crippen MR) is 79.6 cm³/mol. The molecule has 0 radical (unpaired) electrons. The van der Waals surface area contributed by atoms with E-state index in [0.29, 0.717) is 12.5 Å². The van der Waals surface area contributed by atoms with Gasteiger partial charge in [0.05, 0.1) is 12.1 Å². The SMILES string of the molecule is CCC(NC(=O)NCC1CCCC(O)C1)c1nccs1. The summed E-state index contributed by atoms with van der Waals surface area (Å²) in [5.74, 6) is 0.393. The van der Waals surface area contributed by atoms with Crippen LogP contribution in [0, 0.1) is 5.92 Å². The van der Waals surface area contributed by atoms with Gasteiger partial charge in [-0.2, -0.15) is 0 Å². The van der Waals surface area contributed by atoms with E-state index in [-0.39, 0.29) is 18.2 Å². The Morgan fingerprint density at radius 2 is 2.45 bits per heavy atom. The molecule has 3 unspecified atom stereocenters. The van der Waals surface area contributed by atoms with Crippen molar-refractivity contribution in [1.82, 2.24) is 15.6 Å². The minimum Gasteiger partial charge on any atom is -0.393 e. The van der Waals surface area contributed by atoms with Crippen LogP contribution in [0.2, 0.25) is 0 Å². The molecule has 3 N–H and O–H groups in total. The lowest BCUT2D eigenvalue weighted by molar-refractivity contribution is 0.101. The van der Waals surface area contributed by atoms with E-state index in [1.165, 1.54) is 0 Å². The van der Waals surface area contributed by atoms with Crippen LogP contribution < -0.4 is 10.6 Å².